The Bertz CT molecular complexity index is 1060. The van der Waals surface area contributed by atoms with Gasteiger partial charge in [-0.25, -0.2) is 9.07 Å². The molecule has 1 aliphatic heterocycles. The zero-order valence-corrected chi connectivity index (χ0v) is 17.3. The van der Waals surface area contributed by atoms with E-state index in [-0.39, 0.29) is 11.7 Å². The van der Waals surface area contributed by atoms with Crippen LogP contribution in [0, 0.1) is 12.7 Å². The number of carbonyl (C=O) groups excluding carboxylic acids is 1. The van der Waals surface area contributed by atoms with E-state index in [0.717, 1.165) is 5.69 Å². The fourth-order valence-corrected chi connectivity index (χ4v) is 3.76. The zero-order valence-electron chi connectivity index (χ0n) is 15.8. The lowest BCUT2D eigenvalue weighted by Crippen LogP contribution is -2.49. The molecule has 0 bridgehead atoms. The summed E-state index contributed by atoms with van der Waals surface area (Å²) in [5.41, 5.74) is 2.63. The van der Waals surface area contributed by atoms with Crippen molar-refractivity contribution in [2.45, 2.75) is 6.92 Å². The van der Waals surface area contributed by atoms with E-state index in [2.05, 4.69) is 10.00 Å². The number of aryl methyl sites for hydroxylation is 1. The molecule has 3 aromatic rings. The number of amides is 1. The van der Waals surface area contributed by atoms with Crippen LogP contribution < -0.4 is 4.90 Å². The van der Waals surface area contributed by atoms with Gasteiger partial charge in [0.25, 0.3) is 5.91 Å². The van der Waals surface area contributed by atoms with Gasteiger partial charge < -0.3 is 9.80 Å². The molecule has 1 amide bonds. The van der Waals surface area contributed by atoms with E-state index in [0.29, 0.717) is 53.3 Å². The molecule has 2 aromatic carbocycles. The maximum atomic E-state index is 13.6. The smallest absolute Gasteiger partial charge is 0.272 e. The standard InChI is InChI=1S/C21H19Cl2FN4O/c1-14-11-20(28(25-14)17-4-2-3-15(24)12-17)21(29)27-9-7-26(8-10-27)16-5-6-18(22)19(23)13-16/h2-6,11-13H,7-10H2,1H3. The maximum absolute atomic E-state index is 13.6. The first kappa shape index (κ1) is 19.7. The Morgan fingerprint density at radius 3 is 2.41 bits per heavy atom. The number of benzene rings is 2. The largest absolute Gasteiger partial charge is 0.368 e. The molecule has 1 fully saturated rings. The summed E-state index contributed by atoms with van der Waals surface area (Å²) in [7, 11) is 0. The topological polar surface area (TPSA) is 41.4 Å². The highest BCUT2D eigenvalue weighted by molar-refractivity contribution is 6.42. The number of aromatic nitrogens is 2. The summed E-state index contributed by atoms with van der Waals surface area (Å²) in [6.45, 7) is 4.29. The Hall–Kier alpha value is -2.57. The molecule has 0 aliphatic carbocycles. The zero-order chi connectivity index (χ0) is 20.5. The number of carbonyl (C=O) groups is 1. The fourth-order valence-electron chi connectivity index (χ4n) is 3.47. The van der Waals surface area contributed by atoms with E-state index in [4.69, 9.17) is 23.2 Å². The molecule has 1 aromatic heterocycles. The number of rotatable bonds is 3. The van der Waals surface area contributed by atoms with Crippen LogP contribution in [0.2, 0.25) is 10.0 Å². The quantitative estimate of drug-likeness (QED) is 0.607. The average molecular weight is 433 g/mol. The second kappa shape index (κ2) is 8.05. The van der Waals surface area contributed by atoms with E-state index in [1.165, 1.54) is 16.8 Å². The Labute approximate surface area is 178 Å². The number of piperazine rings is 1. The highest BCUT2D eigenvalue weighted by atomic mass is 35.5. The maximum Gasteiger partial charge on any atom is 0.272 e. The SMILES string of the molecule is Cc1cc(C(=O)N2CCN(c3ccc(Cl)c(Cl)c3)CC2)n(-c2cccc(F)c2)n1. The molecule has 5 nitrogen and oxygen atoms in total. The number of anilines is 1. The van der Waals surface area contributed by atoms with Gasteiger partial charge in [-0.1, -0.05) is 29.3 Å². The van der Waals surface area contributed by atoms with Gasteiger partial charge in [0.2, 0.25) is 0 Å². The van der Waals surface area contributed by atoms with Gasteiger partial charge in [-0.3, -0.25) is 4.79 Å². The molecule has 1 aliphatic rings. The molecule has 1 saturated heterocycles. The Morgan fingerprint density at radius 2 is 1.72 bits per heavy atom. The first-order valence-corrected chi connectivity index (χ1v) is 10.00. The van der Waals surface area contributed by atoms with Crippen LogP contribution in [-0.4, -0.2) is 46.8 Å². The first-order chi connectivity index (χ1) is 13.9. The molecule has 150 valence electrons. The van der Waals surface area contributed by atoms with Crippen molar-refractivity contribution in [2.75, 3.05) is 31.1 Å². The number of hydrogen-bond donors (Lipinski definition) is 0. The van der Waals surface area contributed by atoms with Crippen LogP contribution in [0.15, 0.2) is 48.5 Å². The second-order valence-electron chi connectivity index (χ2n) is 6.94. The third kappa shape index (κ3) is 4.09. The minimum Gasteiger partial charge on any atom is -0.368 e. The molecule has 8 heteroatoms. The molecule has 0 unspecified atom stereocenters. The van der Waals surface area contributed by atoms with Crippen LogP contribution in [0.4, 0.5) is 10.1 Å². The highest BCUT2D eigenvalue weighted by Gasteiger charge is 2.26. The summed E-state index contributed by atoms with van der Waals surface area (Å²) >= 11 is 12.1. The lowest BCUT2D eigenvalue weighted by atomic mass is 10.2. The average Bonchev–Trinajstić information content (AvgIpc) is 3.11. The molecule has 4 rings (SSSR count). The minimum absolute atomic E-state index is 0.122. The summed E-state index contributed by atoms with van der Waals surface area (Å²) < 4.78 is 15.2. The first-order valence-electron chi connectivity index (χ1n) is 9.24. The van der Waals surface area contributed by atoms with Crippen molar-refractivity contribution in [3.05, 3.63) is 75.8 Å². The van der Waals surface area contributed by atoms with Gasteiger partial charge in [0.05, 0.1) is 21.4 Å². The summed E-state index contributed by atoms with van der Waals surface area (Å²) in [5.74, 6) is -0.493. The summed E-state index contributed by atoms with van der Waals surface area (Å²) in [6.07, 6.45) is 0. The van der Waals surface area contributed by atoms with E-state index < -0.39 is 0 Å². The predicted octanol–water partition coefficient (Wildman–Crippen LogP) is 4.59. The normalized spacial score (nSPS) is 14.3. The summed E-state index contributed by atoms with van der Waals surface area (Å²) in [6, 6.07) is 13.3. The lowest BCUT2D eigenvalue weighted by molar-refractivity contribution is 0.0737. The van der Waals surface area contributed by atoms with Crippen molar-refractivity contribution in [1.82, 2.24) is 14.7 Å². The molecule has 0 spiro atoms. The van der Waals surface area contributed by atoms with Gasteiger partial charge in [0, 0.05) is 31.9 Å². The van der Waals surface area contributed by atoms with Crippen LogP contribution in [0.25, 0.3) is 5.69 Å². The number of nitrogens with zero attached hydrogens (tertiary/aromatic N) is 4. The van der Waals surface area contributed by atoms with Gasteiger partial charge in [-0.15, -0.1) is 0 Å². The van der Waals surface area contributed by atoms with Crippen molar-refractivity contribution in [2.24, 2.45) is 0 Å². The van der Waals surface area contributed by atoms with E-state index in [9.17, 15) is 9.18 Å². The van der Waals surface area contributed by atoms with Crippen LogP contribution in [0.3, 0.4) is 0 Å². The fraction of sp³-hybridized carbons (Fsp3) is 0.238. The van der Waals surface area contributed by atoms with Gasteiger partial charge >= 0.3 is 0 Å². The van der Waals surface area contributed by atoms with Gasteiger partial charge in [0.15, 0.2) is 0 Å². The lowest BCUT2D eigenvalue weighted by Gasteiger charge is -2.36. The highest BCUT2D eigenvalue weighted by Crippen LogP contribution is 2.28. The monoisotopic (exact) mass is 432 g/mol. The molecule has 0 saturated carbocycles. The Morgan fingerprint density at radius 1 is 0.966 bits per heavy atom. The van der Waals surface area contributed by atoms with E-state index in [1.807, 2.05) is 19.1 Å². The molecular formula is C21H19Cl2FN4O. The molecular weight excluding hydrogens is 414 g/mol. The van der Waals surface area contributed by atoms with Crippen LogP contribution in [0.5, 0.6) is 0 Å². The summed E-state index contributed by atoms with van der Waals surface area (Å²) in [4.78, 5) is 17.1. The molecule has 0 radical (unpaired) electrons. The van der Waals surface area contributed by atoms with Crippen molar-refractivity contribution >= 4 is 34.8 Å². The van der Waals surface area contributed by atoms with E-state index in [1.54, 1.807) is 29.2 Å². The molecule has 2 heterocycles. The molecule has 29 heavy (non-hydrogen) atoms. The Balaban J connectivity index is 1.51. The van der Waals surface area contributed by atoms with Crippen molar-refractivity contribution in [3.8, 4) is 5.69 Å². The van der Waals surface area contributed by atoms with Crippen LogP contribution in [0.1, 0.15) is 16.2 Å². The molecule has 0 N–H and O–H groups in total. The van der Waals surface area contributed by atoms with Crippen molar-refractivity contribution < 1.29 is 9.18 Å². The summed E-state index contributed by atoms with van der Waals surface area (Å²) in [5, 5.41) is 5.41. The third-order valence-corrected chi connectivity index (χ3v) is 5.68. The second-order valence-corrected chi connectivity index (χ2v) is 7.75. The van der Waals surface area contributed by atoms with Gasteiger partial charge in [-0.2, -0.15) is 5.10 Å². The van der Waals surface area contributed by atoms with Crippen molar-refractivity contribution in [3.63, 3.8) is 0 Å². The third-order valence-electron chi connectivity index (χ3n) is 4.94. The minimum atomic E-state index is -0.371. The number of halogens is 3. The van der Waals surface area contributed by atoms with Crippen LogP contribution in [-0.2, 0) is 0 Å². The molecule has 0 atom stereocenters. The van der Waals surface area contributed by atoms with Gasteiger partial charge in [0.1, 0.15) is 11.5 Å². The van der Waals surface area contributed by atoms with E-state index >= 15 is 0 Å². The van der Waals surface area contributed by atoms with Gasteiger partial charge in [-0.05, 0) is 49.4 Å². The van der Waals surface area contributed by atoms with Crippen LogP contribution >= 0.6 is 23.2 Å². The number of hydrogen-bond acceptors (Lipinski definition) is 3. The Kier molecular flexibility index (Phi) is 5.48. The predicted molar refractivity (Wildman–Crippen MR) is 113 cm³/mol. The van der Waals surface area contributed by atoms with Crippen molar-refractivity contribution in [1.29, 1.82) is 0 Å².